The third-order valence-electron chi connectivity index (χ3n) is 5.78. The largest absolute Gasteiger partial charge is 0.454 e. The quantitative estimate of drug-likeness (QED) is 0.792. The summed E-state index contributed by atoms with van der Waals surface area (Å²) in [5, 5.41) is 6.41. The predicted molar refractivity (Wildman–Crippen MR) is 108 cm³/mol. The molecule has 0 aliphatic carbocycles. The molecule has 1 fully saturated rings. The third kappa shape index (κ3) is 3.72. The normalized spacial score (nSPS) is 20.4. The van der Waals surface area contributed by atoms with Gasteiger partial charge in [-0.15, -0.1) is 0 Å². The fourth-order valence-electron chi connectivity index (χ4n) is 4.23. The number of anilines is 1. The van der Waals surface area contributed by atoms with Gasteiger partial charge < -0.3 is 25.0 Å². The van der Waals surface area contributed by atoms with Crippen LogP contribution >= 0.6 is 0 Å². The van der Waals surface area contributed by atoms with Gasteiger partial charge in [0.25, 0.3) is 5.91 Å². The van der Waals surface area contributed by atoms with E-state index in [1.807, 2.05) is 18.2 Å². The van der Waals surface area contributed by atoms with E-state index in [1.165, 1.54) is 6.42 Å². The van der Waals surface area contributed by atoms with Crippen LogP contribution in [0.3, 0.4) is 0 Å². The number of carbonyl (C=O) groups excluding carboxylic acids is 1. The second-order valence-electron chi connectivity index (χ2n) is 7.98. The van der Waals surface area contributed by atoms with Gasteiger partial charge in [-0.2, -0.15) is 0 Å². The monoisotopic (exact) mass is 395 g/mol. The van der Waals surface area contributed by atoms with Crippen LogP contribution in [0.4, 0.5) is 5.82 Å². The zero-order valence-electron chi connectivity index (χ0n) is 16.5. The topological polar surface area (TPSA) is 88.6 Å². The number of hydrogen-bond acceptors (Lipinski definition) is 7. The fourth-order valence-corrected chi connectivity index (χ4v) is 4.23. The summed E-state index contributed by atoms with van der Waals surface area (Å²) in [6.07, 6.45) is 2.46. The fraction of sp³-hybridized carbons (Fsp3) is 0.476. The molecule has 2 N–H and O–H groups in total. The first-order chi connectivity index (χ1) is 14.2. The maximum atomic E-state index is 12.4. The van der Waals surface area contributed by atoms with Gasteiger partial charge in [0.2, 0.25) is 6.79 Å². The molecule has 1 unspecified atom stereocenters. The number of carbonyl (C=O) groups is 1. The highest BCUT2D eigenvalue weighted by Crippen LogP contribution is 2.33. The number of ether oxygens (including phenoxy) is 2. The Morgan fingerprint density at radius 3 is 3.03 bits per heavy atom. The zero-order valence-corrected chi connectivity index (χ0v) is 16.5. The van der Waals surface area contributed by atoms with E-state index in [2.05, 4.69) is 27.6 Å². The van der Waals surface area contributed by atoms with Gasteiger partial charge in [0, 0.05) is 31.6 Å². The van der Waals surface area contributed by atoms with E-state index in [4.69, 9.17) is 14.5 Å². The molecule has 5 rings (SSSR count). The van der Waals surface area contributed by atoms with Crippen molar-refractivity contribution in [3.63, 3.8) is 0 Å². The van der Waals surface area contributed by atoms with Crippen molar-refractivity contribution in [2.75, 3.05) is 45.3 Å². The molecule has 152 valence electrons. The van der Waals surface area contributed by atoms with Crippen molar-refractivity contribution in [2.24, 2.45) is 5.92 Å². The van der Waals surface area contributed by atoms with Crippen LogP contribution in [0, 0.1) is 5.92 Å². The van der Waals surface area contributed by atoms with Crippen molar-refractivity contribution < 1.29 is 14.3 Å². The Morgan fingerprint density at radius 2 is 2.17 bits per heavy atom. The molecule has 1 amide bonds. The third-order valence-corrected chi connectivity index (χ3v) is 5.78. The number of aromatic nitrogens is 2. The Balaban J connectivity index is 1.41. The molecule has 1 atom stereocenters. The number of likely N-dealkylation sites (tertiary alicyclic amines) is 1. The van der Waals surface area contributed by atoms with Gasteiger partial charge in [-0.05, 0) is 50.0 Å². The van der Waals surface area contributed by atoms with Crippen LogP contribution in [-0.4, -0.2) is 60.8 Å². The Kier molecular flexibility index (Phi) is 4.71. The van der Waals surface area contributed by atoms with E-state index in [0.717, 1.165) is 54.5 Å². The molecule has 1 aromatic carbocycles. The summed E-state index contributed by atoms with van der Waals surface area (Å²) in [5.74, 6) is 3.40. The van der Waals surface area contributed by atoms with Gasteiger partial charge in [-0.1, -0.05) is 6.07 Å². The van der Waals surface area contributed by atoms with Crippen LogP contribution in [0.5, 0.6) is 11.5 Å². The lowest BCUT2D eigenvalue weighted by molar-refractivity contribution is 0.0940. The van der Waals surface area contributed by atoms with Gasteiger partial charge in [-0.3, -0.25) is 4.79 Å². The first-order valence-electron chi connectivity index (χ1n) is 10.1. The molecule has 8 heteroatoms. The van der Waals surface area contributed by atoms with Crippen molar-refractivity contribution in [3.8, 4) is 11.5 Å². The lowest BCUT2D eigenvalue weighted by Gasteiger charge is -2.21. The molecule has 0 bridgehead atoms. The predicted octanol–water partition coefficient (Wildman–Crippen LogP) is 1.45. The second-order valence-corrected chi connectivity index (χ2v) is 7.98. The molecule has 0 saturated carbocycles. The SMILES string of the molecule is CN1CCC(CNc2nc(Cc3ccc4c(c3)OCO4)nc3c2CCNC3=O)C1. The van der Waals surface area contributed by atoms with Gasteiger partial charge in [-0.25, -0.2) is 9.97 Å². The van der Waals surface area contributed by atoms with E-state index in [1.54, 1.807) is 0 Å². The maximum absolute atomic E-state index is 12.4. The molecule has 1 aromatic heterocycles. The molecule has 0 spiro atoms. The Hall–Kier alpha value is -2.87. The first kappa shape index (κ1) is 18.2. The van der Waals surface area contributed by atoms with Crippen molar-refractivity contribution in [1.82, 2.24) is 20.2 Å². The summed E-state index contributed by atoms with van der Waals surface area (Å²) < 4.78 is 10.8. The summed E-state index contributed by atoms with van der Waals surface area (Å²) >= 11 is 0. The minimum atomic E-state index is -0.121. The Morgan fingerprint density at radius 1 is 1.28 bits per heavy atom. The molecule has 1 saturated heterocycles. The van der Waals surface area contributed by atoms with Crippen LogP contribution in [0.25, 0.3) is 0 Å². The number of benzene rings is 1. The van der Waals surface area contributed by atoms with Gasteiger partial charge in [0.1, 0.15) is 17.3 Å². The molecule has 2 aromatic rings. The van der Waals surface area contributed by atoms with Crippen molar-refractivity contribution in [3.05, 3.63) is 40.8 Å². The van der Waals surface area contributed by atoms with Gasteiger partial charge >= 0.3 is 0 Å². The number of rotatable bonds is 5. The minimum Gasteiger partial charge on any atom is -0.454 e. The highest BCUT2D eigenvalue weighted by Gasteiger charge is 2.25. The maximum Gasteiger partial charge on any atom is 0.270 e. The van der Waals surface area contributed by atoms with Gasteiger partial charge in [0.15, 0.2) is 11.5 Å². The summed E-state index contributed by atoms with van der Waals surface area (Å²) in [4.78, 5) is 24.2. The summed E-state index contributed by atoms with van der Waals surface area (Å²) in [6.45, 7) is 3.95. The second kappa shape index (κ2) is 7.51. The van der Waals surface area contributed by atoms with E-state index >= 15 is 0 Å². The number of nitrogens with zero attached hydrogens (tertiary/aromatic N) is 3. The van der Waals surface area contributed by atoms with E-state index < -0.39 is 0 Å². The molecule has 3 aliphatic rings. The van der Waals surface area contributed by atoms with Crippen molar-refractivity contribution in [1.29, 1.82) is 0 Å². The number of nitrogens with one attached hydrogen (secondary N) is 2. The number of amides is 1. The van der Waals surface area contributed by atoms with Crippen LogP contribution in [-0.2, 0) is 12.8 Å². The van der Waals surface area contributed by atoms with Crippen LogP contribution in [0.15, 0.2) is 18.2 Å². The Bertz CT molecular complexity index is 948. The number of hydrogen-bond donors (Lipinski definition) is 2. The van der Waals surface area contributed by atoms with Crippen molar-refractivity contribution in [2.45, 2.75) is 19.3 Å². The van der Waals surface area contributed by atoms with Crippen LogP contribution in [0.2, 0.25) is 0 Å². The highest BCUT2D eigenvalue weighted by molar-refractivity contribution is 5.96. The Labute approximate surface area is 169 Å². The van der Waals surface area contributed by atoms with E-state index in [9.17, 15) is 4.79 Å². The molecule has 3 aliphatic heterocycles. The molecular formula is C21H25N5O3. The minimum absolute atomic E-state index is 0.121. The lowest BCUT2D eigenvalue weighted by atomic mass is 10.0. The smallest absolute Gasteiger partial charge is 0.270 e. The van der Waals surface area contributed by atoms with Crippen LogP contribution < -0.4 is 20.1 Å². The summed E-state index contributed by atoms with van der Waals surface area (Å²) in [6, 6.07) is 5.84. The molecule has 8 nitrogen and oxygen atoms in total. The average molecular weight is 395 g/mol. The molecule has 0 radical (unpaired) electrons. The van der Waals surface area contributed by atoms with Crippen LogP contribution in [0.1, 0.15) is 33.9 Å². The van der Waals surface area contributed by atoms with E-state index in [0.29, 0.717) is 30.4 Å². The first-order valence-corrected chi connectivity index (χ1v) is 10.1. The standard InChI is InChI=1S/C21H25N5O3/c1-26-7-5-14(11-26)10-23-20-15-4-6-22-21(27)19(15)24-18(25-20)9-13-2-3-16-17(8-13)29-12-28-16/h2-3,8,14H,4-7,9-12H2,1H3,(H,22,27)(H,23,24,25). The number of fused-ring (bicyclic) bond motifs is 2. The average Bonchev–Trinajstić information content (AvgIpc) is 3.35. The lowest BCUT2D eigenvalue weighted by Crippen LogP contribution is -2.34. The molecule has 29 heavy (non-hydrogen) atoms. The zero-order chi connectivity index (χ0) is 19.8. The summed E-state index contributed by atoms with van der Waals surface area (Å²) in [7, 11) is 2.15. The van der Waals surface area contributed by atoms with E-state index in [-0.39, 0.29) is 12.7 Å². The molecular weight excluding hydrogens is 370 g/mol. The van der Waals surface area contributed by atoms with Crippen molar-refractivity contribution >= 4 is 11.7 Å². The highest BCUT2D eigenvalue weighted by atomic mass is 16.7. The molecule has 4 heterocycles. The summed E-state index contributed by atoms with van der Waals surface area (Å²) in [5.41, 5.74) is 2.44. The van der Waals surface area contributed by atoms with Gasteiger partial charge in [0.05, 0.1) is 0 Å².